The highest BCUT2D eigenvalue weighted by Gasteiger charge is 2.13. The maximum Gasteiger partial charge on any atom is 0.157 e. The molecule has 2 rings (SSSR count). The number of hydrogen-bond donors (Lipinski definition) is 0. The van der Waals surface area contributed by atoms with Gasteiger partial charge in [0.1, 0.15) is 12.4 Å². The van der Waals surface area contributed by atoms with Crippen LogP contribution in [0.5, 0.6) is 5.75 Å². The van der Waals surface area contributed by atoms with E-state index in [9.17, 15) is 0 Å². The summed E-state index contributed by atoms with van der Waals surface area (Å²) in [6.07, 6.45) is 3.28. The molecule has 0 bridgehead atoms. The monoisotopic (exact) mass is 310 g/mol. The summed E-state index contributed by atoms with van der Waals surface area (Å²) in [4.78, 5) is 0. The van der Waals surface area contributed by atoms with Crippen molar-refractivity contribution in [3.8, 4) is 5.75 Å². The standard InChI is InChI=1S/C17H26O5/c1-2-6-16(7-3-1)20-14-12-18-10-11-19-13-15-22-17-8-4-5-9-21-17/h1-3,6-7,17H,4-5,8-15H2. The number of ether oxygens (including phenoxy) is 5. The third-order valence-corrected chi connectivity index (χ3v) is 3.28. The number of hydrogen-bond acceptors (Lipinski definition) is 5. The van der Waals surface area contributed by atoms with Gasteiger partial charge in [0.25, 0.3) is 0 Å². The maximum absolute atomic E-state index is 5.57. The fraction of sp³-hybridized carbons (Fsp3) is 0.647. The second kappa shape index (κ2) is 11.4. The first kappa shape index (κ1) is 17.2. The molecule has 0 saturated carbocycles. The van der Waals surface area contributed by atoms with Gasteiger partial charge in [-0.05, 0) is 31.4 Å². The molecular weight excluding hydrogens is 284 g/mol. The summed E-state index contributed by atoms with van der Waals surface area (Å²) in [5, 5.41) is 0. The summed E-state index contributed by atoms with van der Waals surface area (Å²) in [6, 6.07) is 9.72. The Bertz CT molecular complexity index is 365. The van der Waals surface area contributed by atoms with Crippen molar-refractivity contribution < 1.29 is 23.7 Å². The van der Waals surface area contributed by atoms with E-state index in [1.54, 1.807) is 0 Å². The van der Waals surface area contributed by atoms with Crippen LogP contribution in [-0.2, 0) is 18.9 Å². The predicted octanol–water partition coefficient (Wildman–Crippen LogP) is 2.64. The quantitative estimate of drug-likeness (QED) is 0.588. The highest BCUT2D eigenvalue weighted by Crippen LogP contribution is 2.13. The number of benzene rings is 1. The van der Waals surface area contributed by atoms with Gasteiger partial charge in [0, 0.05) is 6.61 Å². The van der Waals surface area contributed by atoms with Gasteiger partial charge in [0.2, 0.25) is 0 Å². The molecule has 1 unspecified atom stereocenters. The zero-order chi connectivity index (χ0) is 15.3. The van der Waals surface area contributed by atoms with Crippen molar-refractivity contribution >= 4 is 0 Å². The maximum atomic E-state index is 5.57. The lowest BCUT2D eigenvalue weighted by Crippen LogP contribution is -2.24. The Labute approximate surface area is 132 Å². The first-order valence-electron chi connectivity index (χ1n) is 8.02. The molecule has 22 heavy (non-hydrogen) atoms. The molecule has 0 amide bonds. The SMILES string of the molecule is c1ccc(OCCOCCOCCOC2CCCCO2)cc1. The van der Waals surface area contributed by atoms with Crippen LogP contribution < -0.4 is 4.74 Å². The Kier molecular flexibility index (Phi) is 8.95. The Morgan fingerprint density at radius 2 is 1.59 bits per heavy atom. The molecule has 0 N–H and O–H groups in total. The smallest absolute Gasteiger partial charge is 0.157 e. The fourth-order valence-electron chi connectivity index (χ4n) is 2.14. The average Bonchev–Trinajstić information content (AvgIpc) is 2.58. The molecule has 0 spiro atoms. The highest BCUT2D eigenvalue weighted by molar-refractivity contribution is 5.20. The van der Waals surface area contributed by atoms with E-state index in [1.165, 1.54) is 6.42 Å². The summed E-state index contributed by atoms with van der Waals surface area (Å²) in [5.74, 6) is 0.865. The van der Waals surface area contributed by atoms with Gasteiger partial charge in [-0.2, -0.15) is 0 Å². The number of rotatable bonds is 11. The van der Waals surface area contributed by atoms with Crippen LogP contribution in [0.3, 0.4) is 0 Å². The minimum absolute atomic E-state index is 0.0382. The molecule has 1 aliphatic rings. The molecule has 5 heteroatoms. The van der Waals surface area contributed by atoms with Gasteiger partial charge in [0.05, 0.1) is 33.0 Å². The van der Waals surface area contributed by atoms with Crippen LogP contribution in [-0.4, -0.2) is 52.5 Å². The van der Waals surface area contributed by atoms with Gasteiger partial charge in [-0.25, -0.2) is 0 Å². The predicted molar refractivity (Wildman–Crippen MR) is 83.1 cm³/mol. The zero-order valence-electron chi connectivity index (χ0n) is 13.1. The molecular formula is C17H26O5. The molecule has 1 aromatic carbocycles. The highest BCUT2D eigenvalue weighted by atomic mass is 16.7. The lowest BCUT2D eigenvalue weighted by atomic mass is 10.2. The van der Waals surface area contributed by atoms with Crippen LogP contribution in [0.25, 0.3) is 0 Å². The largest absolute Gasteiger partial charge is 0.491 e. The van der Waals surface area contributed by atoms with Crippen molar-refractivity contribution in [2.24, 2.45) is 0 Å². The van der Waals surface area contributed by atoms with Crippen LogP contribution in [0.4, 0.5) is 0 Å². The van der Waals surface area contributed by atoms with Gasteiger partial charge >= 0.3 is 0 Å². The van der Waals surface area contributed by atoms with Gasteiger partial charge < -0.3 is 23.7 Å². The molecule has 5 nitrogen and oxygen atoms in total. The summed E-state index contributed by atoms with van der Waals surface area (Å²) in [5.41, 5.74) is 0. The molecule has 0 aliphatic carbocycles. The Balaban J connectivity index is 1.32. The zero-order valence-corrected chi connectivity index (χ0v) is 13.1. The van der Waals surface area contributed by atoms with Crippen molar-refractivity contribution in [2.45, 2.75) is 25.6 Å². The lowest BCUT2D eigenvalue weighted by Gasteiger charge is -2.22. The van der Waals surface area contributed by atoms with Crippen molar-refractivity contribution in [1.29, 1.82) is 0 Å². The van der Waals surface area contributed by atoms with Gasteiger partial charge in [-0.15, -0.1) is 0 Å². The molecule has 1 heterocycles. The van der Waals surface area contributed by atoms with E-state index in [-0.39, 0.29) is 6.29 Å². The normalized spacial score (nSPS) is 18.3. The molecule has 1 aliphatic heterocycles. The van der Waals surface area contributed by atoms with Crippen LogP contribution in [0, 0.1) is 0 Å². The average molecular weight is 310 g/mol. The summed E-state index contributed by atoms with van der Waals surface area (Å²) in [6.45, 7) is 4.20. The molecule has 1 aromatic rings. The summed E-state index contributed by atoms with van der Waals surface area (Å²) < 4.78 is 27.4. The molecule has 124 valence electrons. The van der Waals surface area contributed by atoms with E-state index in [0.717, 1.165) is 25.2 Å². The third kappa shape index (κ3) is 7.75. The van der Waals surface area contributed by atoms with Crippen molar-refractivity contribution in [2.75, 3.05) is 46.2 Å². The Hall–Kier alpha value is -1.14. The topological polar surface area (TPSA) is 46.2 Å². The lowest BCUT2D eigenvalue weighted by molar-refractivity contribution is -0.169. The van der Waals surface area contributed by atoms with Crippen molar-refractivity contribution in [1.82, 2.24) is 0 Å². The molecule has 0 radical (unpaired) electrons. The van der Waals surface area contributed by atoms with E-state index in [4.69, 9.17) is 23.7 Å². The van der Waals surface area contributed by atoms with E-state index >= 15 is 0 Å². The third-order valence-electron chi connectivity index (χ3n) is 3.28. The van der Waals surface area contributed by atoms with E-state index < -0.39 is 0 Å². The van der Waals surface area contributed by atoms with Gasteiger partial charge in [-0.1, -0.05) is 18.2 Å². The summed E-state index contributed by atoms with van der Waals surface area (Å²) >= 11 is 0. The van der Waals surface area contributed by atoms with Gasteiger partial charge in [0.15, 0.2) is 6.29 Å². The molecule has 1 saturated heterocycles. The minimum atomic E-state index is -0.0382. The van der Waals surface area contributed by atoms with Crippen molar-refractivity contribution in [3.05, 3.63) is 30.3 Å². The molecule has 1 fully saturated rings. The first-order valence-corrected chi connectivity index (χ1v) is 8.02. The van der Waals surface area contributed by atoms with Crippen LogP contribution in [0.15, 0.2) is 30.3 Å². The minimum Gasteiger partial charge on any atom is -0.491 e. The fourth-order valence-corrected chi connectivity index (χ4v) is 2.14. The van der Waals surface area contributed by atoms with E-state index in [0.29, 0.717) is 39.6 Å². The van der Waals surface area contributed by atoms with E-state index in [1.807, 2.05) is 30.3 Å². The Morgan fingerprint density at radius 3 is 2.32 bits per heavy atom. The first-order chi connectivity index (χ1) is 10.9. The van der Waals surface area contributed by atoms with Crippen molar-refractivity contribution in [3.63, 3.8) is 0 Å². The van der Waals surface area contributed by atoms with Gasteiger partial charge in [-0.3, -0.25) is 0 Å². The Morgan fingerprint density at radius 1 is 0.864 bits per heavy atom. The molecule has 1 atom stereocenters. The second-order valence-electron chi connectivity index (χ2n) is 5.05. The summed E-state index contributed by atoms with van der Waals surface area (Å²) in [7, 11) is 0. The number of para-hydroxylation sites is 1. The molecule has 0 aromatic heterocycles. The second-order valence-corrected chi connectivity index (χ2v) is 5.05. The van der Waals surface area contributed by atoms with Crippen LogP contribution in [0.1, 0.15) is 19.3 Å². The van der Waals surface area contributed by atoms with Crippen LogP contribution in [0.2, 0.25) is 0 Å². The van der Waals surface area contributed by atoms with Crippen LogP contribution >= 0.6 is 0 Å². The van der Waals surface area contributed by atoms with E-state index in [2.05, 4.69) is 0 Å².